The summed E-state index contributed by atoms with van der Waals surface area (Å²) in [5.41, 5.74) is 3.48. The van der Waals surface area contributed by atoms with E-state index in [1.807, 2.05) is 0 Å². The van der Waals surface area contributed by atoms with Crippen molar-refractivity contribution in [2.24, 2.45) is 0 Å². The van der Waals surface area contributed by atoms with Crippen molar-refractivity contribution in [1.29, 1.82) is 0 Å². The van der Waals surface area contributed by atoms with Gasteiger partial charge < -0.3 is 4.57 Å². The Morgan fingerprint density at radius 2 is 2.00 bits per heavy atom. The molecule has 136 valence electrons. The van der Waals surface area contributed by atoms with Gasteiger partial charge in [-0.2, -0.15) is 0 Å². The molecular formula is C21H25N3OS. The lowest BCUT2D eigenvalue weighted by Crippen LogP contribution is -2.08. The number of aromatic nitrogens is 3. The summed E-state index contributed by atoms with van der Waals surface area (Å²) in [5.74, 6) is 2.02. The van der Waals surface area contributed by atoms with Gasteiger partial charge in [-0.3, -0.25) is 4.79 Å². The zero-order valence-corrected chi connectivity index (χ0v) is 16.4. The molecule has 0 fully saturated rings. The summed E-state index contributed by atoms with van der Waals surface area (Å²) < 4.78 is 2.08. The summed E-state index contributed by atoms with van der Waals surface area (Å²) in [4.78, 5) is 12.4. The third-order valence-electron chi connectivity index (χ3n) is 4.47. The molecule has 2 aromatic rings. The molecule has 0 aliphatic heterocycles. The number of rotatable bonds is 8. The SMILES string of the molecule is CCn1c(SCC(=O)Cc2ccc(C(C)C)cc2)nnc1C1=CCC=C1. The van der Waals surface area contributed by atoms with E-state index in [4.69, 9.17) is 0 Å². The zero-order chi connectivity index (χ0) is 18.5. The second kappa shape index (κ2) is 8.49. The summed E-state index contributed by atoms with van der Waals surface area (Å²) in [5, 5.41) is 9.42. The largest absolute Gasteiger partial charge is 0.302 e. The van der Waals surface area contributed by atoms with Crippen LogP contribution in [0.1, 0.15) is 50.1 Å². The first-order chi connectivity index (χ1) is 12.6. The molecule has 0 N–H and O–H groups in total. The van der Waals surface area contributed by atoms with E-state index in [9.17, 15) is 4.79 Å². The minimum absolute atomic E-state index is 0.208. The molecule has 0 unspecified atom stereocenters. The second-order valence-corrected chi connectivity index (χ2v) is 7.69. The molecule has 3 rings (SSSR count). The summed E-state index contributed by atoms with van der Waals surface area (Å²) >= 11 is 1.48. The van der Waals surface area contributed by atoms with Crippen molar-refractivity contribution >= 4 is 23.1 Å². The number of thioether (sulfide) groups is 1. The highest BCUT2D eigenvalue weighted by Gasteiger charge is 2.16. The fraction of sp³-hybridized carbons (Fsp3) is 0.381. The Labute approximate surface area is 159 Å². The molecule has 26 heavy (non-hydrogen) atoms. The summed E-state index contributed by atoms with van der Waals surface area (Å²) in [6.07, 6.45) is 7.76. The van der Waals surface area contributed by atoms with Crippen molar-refractivity contribution in [3.63, 3.8) is 0 Å². The molecular weight excluding hydrogens is 342 g/mol. The predicted octanol–water partition coefficient (Wildman–Crippen LogP) is 4.67. The van der Waals surface area contributed by atoms with Crippen LogP contribution in [0.3, 0.4) is 0 Å². The molecule has 0 bridgehead atoms. The van der Waals surface area contributed by atoms with Crippen LogP contribution in [0.2, 0.25) is 0 Å². The molecule has 0 saturated carbocycles. The van der Waals surface area contributed by atoms with Crippen LogP contribution >= 0.6 is 11.8 Å². The van der Waals surface area contributed by atoms with Crippen LogP contribution in [0, 0.1) is 0 Å². The summed E-state index contributed by atoms with van der Waals surface area (Å²) in [6, 6.07) is 8.35. The molecule has 0 saturated heterocycles. The first kappa shape index (κ1) is 18.6. The molecule has 1 aliphatic carbocycles. The zero-order valence-electron chi connectivity index (χ0n) is 15.6. The first-order valence-corrected chi connectivity index (χ1v) is 10.1. The van der Waals surface area contributed by atoms with Crippen LogP contribution in [0.15, 0.2) is 47.6 Å². The van der Waals surface area contributed by atoms with Gasteiger partial charge in [-0.05, 0) is 30.4 Å². The molecule has 1 aromatic heterocycles. The van der Waals surface area contributed by atoms with Crippen molar-refractivity contribution in [3.8, 4) is 0 Å². The van der Waals surface area contributed by atoms with Gasteiger partial charge in [-0.15, -0.1) is 10.2 Å². The Kier molecular flexibility index (Phi) is 6.09. The van der Waals surface area contributed by atoms with Gasteiger partial charge in [0.15, 0.2) is 11.0 Å². The highest BCUT2D eigenvalue weighted by Crippen LogP contribution is 2.25. The molecule has 1 heterocycles. The Bertz CT molecular complexity index is 831. The van der Waals surface area contributed by atoms with Crippen LogP contribution < -0.4 is 0 Å². The van der Waals surface area contributed by atoms with Crippen molar-refractivity contribution in [2.45, 2.75) is 51.2 Å². The lowest BCUT2D eigenvalue weighted by atomic mass is 10.0. The number of Topliss-reactive ketones (excluding diaryl/α,β-unsaturated/α-hetero) is 1. The Hall–Kier alpha value is -2.14. The van der Waals surface area contributed by atoms with E-state index in [0.717, 1.165) is 35.1 Å². The molecule has 0 amide bonds. The van der Waals surface area contributed by atoms with Crippen molar-refractivity contribution in [3.05, 3.63) is 59.4 Å². The molecule has 1 aliphatic rings. The van der Waals surface area contributed by atoms with Crippen LogP contribution in [-0.2, 0) is 17.8 Å². The maximum Gasteiger partial charge on any atom is 0.191 e. The van der Waals surface area contributed by atoms with E-state index < -0.39 is 0 Å². The second-order valence-electron chi connectivity index (χ2n) is 6.75. The standard InChI is InChI=1S/C21H25N3OS/c1-4-24-20(18-7-5-6-8-18)22-23-21(24)26-14-19(25)13-16-9-11-17(12-10-16)15(2)3/h5,7-12,15H,4,6,13-14H2,1-3H3. The number of benzene rings is 1. The maximum atomic E-state index is 12.4. The van der Waals surface area contributed by atoms with Gasteiger partial charge in [0.05, 0.1) is 5.75 Å². The Morgan fingerprint density at radius 1 is 1.23 bits per heavy atom. The van der Waals surface area contributed by atoms with Gasteiger partial charge in [0.25, 0.3) is 0 Å². The van der Waals surface area contributed by atoms with Crippen molar-refractivity contribution in [2.75, 3.05) is 5.75 Å². The van der Waals surface area contributed by atoms with Gasteiger partial charge in [0.1, 0.15) is 5.78 Å². The normalized spacial score (nSPS) is 13.5. The maximum absolute atomic E-state index is 12.4. The van der Waals surface area contributed by atoms with Gasteiger partial charge in [0.2, 0.25) is 0 Å². The van der Waals surface area contributed by atoms with Crippen LogP contribution in [0.5, 0.6) is 0 Å². The first-order valence-electron chi connectivity index (χ1n) is 9.12. The van der Waals surface area contributed by atoms with Gasteiger partial charge in [-0.25, -0.2) is 0 Å². The topological polar surface area (TPSA) is 47.8 Å². The number of carbonyl (C=O) groups is 1. The van der Waals surface area contributed by atoms with Crippen LogP contribution in [0.25, 0.3) is 5.57 Å². The minimum atomic E-state index is 0.208. The minimum Gasteiger partial charge on any atom is -0.302 e. The fourth-order valence-corrected chi connectivity index (χ4v) is 3.82. The smallest absolute Gasteiger partial charge is 0.191 e. The van der Waals surface area contributed by atoms with E-state index in [-0.39, 0.29) is 5.78 Å². The Morgan fingerprint density at radius 3 is 2.62 bits per heavy atom. The molecule has 0 atom stereocenters. The molecule has 0 spiro atoms. The third-order valence-corrected chi connectivity index (χ3v) is 5.50. The van der Waals surface area contributed by atoms with Gasteiger partial charge in [-0.1, -0.05) is 68.1 Å². The highest BCUT2D eigenvalue weighted by molar-refractivity contribution is 7.99. The van der Waals surface area contributed by atoms with E-state index >= 15 is 0 Å². The van der Waals surface area contributed by atoms with E-state index in [2.05, 4.69) is 78.0 Å². The number of allylic oxidation sites excluding steroid dienone is 4. The quantitative estimate of drug-likeness (QED) is 0.636. The van der Waals surface area contributed by atoms with E-state index in [1.54, 1.807) is 0 Å². The molecule has 1 aromatic carbocycles. The third kappa shape index (κ3) is 4.33. The Balaban J connectivity index is 1.60. The fourth-order valence-electron chi connectivity index (χ4n) is 2.96. The van der Waals surface area contributed by atoms with Crippen LogP contribution in [-0.4, -0.2) is 26.3 Å². The number of ketones is 1. The number of hydrogen-bond donors (Lipinski definition) is 0. The predicted molar refractivity (Wildman–Crippen MR) is 107 cm³/mol. The average molecular weight is 368 g/mol. The monoisotopic (exact) mass is 367 g/mol. The lowest BCUT2D eigenvalue weighted by molar-refractivity contribution is -0.116. The van der Waals surface area contributed by atoms with Crippen LogP contribution in [0.4, 0.5) is 0 Å². The summed E-state index contributed by atoms with van der Waals surface area (Å²) in [7, 11) is 0. The highest BCUT2D eigenvalue weighted by atomic mass is 32.2. The number of nitrogens with zero attached hydrogens (tertiary/aromatic N) is 3. The molecule has 5 heteroatoms. The van der Waals surface area contributed by atoms with E-state index in [1.165, 1.54) is 17.3 Å². The molecule has 4 nitrogen and oxygen atoms in total. The summed E-state index contributed by atoms with van der Waals surface area (Å²) in [6.45, 7) is 7.22. The average Bonchev–Trinajstić information content (AvgIpc) is 3.29. The van der Waals surface area contributed by atoms with E-state index in [0.29, 0.717) is 18.1 Å². The lowest BCUT2D eigenvalue weighted by Gasteiger charge is -2.08. The number of carbonyl (C=O) groups excluding carboxylic acids is 1. The van der Waals surface area contributed by atoms with Gasteiger partial charge in [0, 0.05) is 18.5 Å². The molecule has 0 radical (unpaired) electrons. The van der Waals surface area contributed by atoms with Gasteiger partial charge >= 0.3 is 0 Å². The number of hydrogen-bond acceptors (Lipinski definition) is 4. The van der Waals surface area contributed by atoms with Crippen molar-refractivity contribution in [1.82, 2.24) is 14.8 Å². The van der Waals surface area contributed by atoms with Crippen molar-refractivity contribution < 1.29 is 4.79 Å².